The molecule has 0 spiro atoms. The first-order valence-electron chi connectivity index (χ1n) is 5.77. The molecular formula is C12H21N3OS. The first-order chi connectivity index (χ1) is 8.06. The molecular weight excluding hydrogens is 234 g/mol. The molecule has 1 heterocycles. The van der Waals surface area contributed by atoms with E-state index in [4.69, 9.17) is 10.9 Å². The lowest BCUT2D eigenvalue weighted by atomic mass is 9.86. The number of hydrogen-bond donors (Lipinski definition) is 3. The van der Waals surface area contributed by atoms with E-state index in [9.17, 15) is 0 Å². The van der Waals surface area contributed by atoms with Gasteiger partial charge in [0.05, 0.1) is 0 Å². The van der Waals surface area contributed by atoms with E-state index >= 15 is 0 Å². The van der Waals surface area contributed by atoms with Crippen molar-refractivity contribution in [1.82, 2.24) is 5.32 Å². The number of thiophene rings is 1. The topological polar surface area (TPSA) is 70.6 Å². The lowest BCUT2D eigenvalue weighted by molar-refractivity contribution is 0.304. The molecule has 0 aliphatic carbocycles. The summed E-state index contributed by atoms with van der Waals surface area (Å²) in [5, 5.41) is 17.2. The monoisotopic (exact) mass is 255 g/mol. The third-order valence-electron chi connectivity index (χ3n) is 2.84. The minimum Gasteiger partial charge on any atom is -0.409 e. The van der Waals surface area contributed by atoms with Crippen molar-refractivity contribution in [2.24, 2.45) is 16.3 Å². The zero-order valence-corrected chi connectivity index (χ0v) is 11.3. The average molecular weight is 255 g/mol. The standard InChI is InChI=1S/C12H21N3OS/c1-12(2,11(13)15-16)6-4-7-14-9-10-5-3-8-17-10/h3,5,8,14,16H,4,6-7,9H2,1-2H3,(H2,13,15). The Morgan fingerprint density at radius 2 is 2.35 bits per heavy atom. The van der Waals surface area contributed by atoms with Crippen LogP contribution in [-0.4, -0.2) is 17.6 Å². The normalized spacial score (nSPS) is 12.9. The van der Waals surface area contributed by atoms with Crippen LogP contribution in [0, 0.1) is 5.41 Å². The van der Waals surface area contributed by atoms with Gasteiger partial charge in [-0.3, -0.25) is 0 Å². The SMILES string of the molecule is CC(C)(CCCNCc1cccs1)C(N)=NO. The minimum absolute atomic E-state index is 0.237. The van der Waals surface area contributed by atoms with Crippen LogP contribution in [0.5, 0.6) is 0 Å². The van der Waals surface area contributed by atoms with E-state index < -0.39 is 0 Å². The molecule has 0 saturated heterocycles. The van der Waals surface area contributed by atoms with Crippen molar-refractivity contribution in [3.8, 4) is 0 Å². The summed E-state index contributed by atoms with van der Waals surface area (Å²) >= 11 is 1.76. The average Bonchev–Trinajstić information content (AvgIpc) is 2.80. The van der Waals surface area contributed by atoms with Crippen LogP contribution in [0.4, 0.5) is 0 Å². The summed E-state index contributed by atoms with van der Waals surface area (Å²) < 4.78 is 0. The van der Waals surface area contributed by atoms with Gasteiger partial charge in [0.25, 0.3) is 0 Å². The number of nitrogens with one attached hydrogen (secondary N) is 1. The molecule has 0 fully saturated rings. The molecule has 0 bridgehead atoms. The fraction of sp³-hybridized carbons (Fsp3) is 0.583. The Kier molecular flexibility index (Phi) is 5.44. The Labute approximate surface area is 107 Å². The van der Waals surface area contributed by atoms with Crippen LogP contribution in [0.3, 0.4) is 0 Å². The number of rotatable bonds is 7. The van der Waals surface area contributed by atoms with Crippen LogP contribution in [-0.2, 0) is 6.54 Å². The number of amidine groups is 1. The molecule has 5 heteroatoms. The molecule has 0 saturated carbocycles. The van der Waals surface area contributed by atoms with Crippen molar-refractivity contribution < 1.29 is 5.21 Å². The molecule has 0 aliphatic heterocycles. The quantitative estimate of drug-likeness (QED) is 0.230. The summed E-state index contributed by atoms with van der Waals surface area (Å²) in [6.07, 6.45) is 1.91. The third-order valence-corrected chi connectivity index (χ3v) is 3.71. The summed E-state index contributed by atoms with van der Waals surface area (Å²) in [6.45, 7) is 5.84. The van der Waals surface area contributed by atoms with Gasteiger partial charge in [-0.15, -0.1) is 11.3 Å². The molecule has 1 rings (SSSR count). The zero-order chi connectivity index (χ0) is 12.7. The first kappa shape index (κ1) is 14.0. The molecule has 0 aliphatic rings. The molecule has 96 valence electrons. The molecule has 0 aromatic carbocycles. The minimum atomic E-state index is -0.237. The number of oxime groups is 1. The van der Waals surface area contributed by atoms with Gasteiger partial charge in [0.15, 0.2) is 0 Å². The van der Waals surface area contributed by atoms with Crippen molar-refractivity contribution in [2.45, 2.75) is 33.2 Å². The van der Waals surface area contributed by atoms with E-state index in [1.807, 2.05) is 13.8 Å². The molecule has 0 unspecified atom stereocenters. The molecule has 1 aromatic heterocycles. The van der Waals surface area contributed by atoms with E-state index in [0.717, 1.165) is 25.9 Å². The summed E-state index contributed by atoms with van der Waals surface area (Å²) in [7, 11) is 0. The molecule has 4 N–H and O–H groups in total. The fourth-order valence-electron chi connectivity index (χ4n) is 1.54. The van der Waals surface area contributed by atoms with Crippen LogP contribution in [0.25, 0.3) is 0 Å². The number of hydrogen-bond acceptors (Lipinski definition) is 4. The van der Waals surface area contributed by atoms with Crippen LogP contribution >= 0.6 is 11.3 Å². The maximum Gasteiger partial charge on any atom is 0.144 e. The van der Waals surface area contributed by atoms with Gasteiger partial charge in [0.2, 0.25) is 0 Å². The van der Waals surface area contributed by atoms with Gasteiger partial charge >= 0.3 is 0 Å². The van der Waals surface area contributed by atoms with E-state index in [-0.39, 0.29) is 5.41 Å². The maximum atomic E-state index is 8.65. The second kappa shape index (κ2) is 6.61. The summed E-state index contributed by atoms with van der Waals surface area (Å²) in [5.41, 5.74) is 5.39. The molecule has 17 heavy (non-hydrogen) atoms. The Balaban J connectivity index is 2.16. The highest BCUT2D eigenvalue weighted by atomic mass is 32.1. The van der Waals surface area contributed by atoms with Crippen LogP contribution in [0.2, 0.25) is 0 Å². The van der Waals surface area contributed by atoms with Gasteiger partial charge in [-0.2, -0.15) is 0 Å². The Morgan fingerprint density at radius 1 is 1.59 bits per heavy atom. The predicted octanol–water partition coefficient (Wildman–Crippen LogP) is 2.39. The second-order valence-electron chi connectivity index (χ2n) is 4.73. The lowest BCUT2D eigenvalue weighted by Crippen LogP contribution is -2.32. The molecule has 4 nitrogen and oxygen atoms in total. The Morgan fingerprint density at radius 3 is 2.94 bits per heavy atom. The third kappa shape index (κ3) is 4.75. The molecule has 1 aromatic rings. The molecule has 0 atom stereocenters. The van der Waals surface area contributed by atoms with Crippen LogP contribution in [0.1, 0.15) is 31.6 Å². The fourth-order valence-corrected chi connectivity index (χ4v) is 2.22. The smallest absolute Gasteiger partial charge is 0.144 e. The van der Waals surface area contributed by atoms with Crippen molar-refractivity contribution in [2.75, 3.05) is 6.54 Å². The van der Waals surface area contributed by atoms with Gasteiger partial charge < -0.3 is 16.3 Å². The maximum absolute atomic E-state index is 8.65. The highest BCUT2D eigenvalue weighted by molar-refractivity contribution is 7.09. The Bertz CT molecular complexity index is 347. The summed E-state index contributed by atoms with van der Waals surface area (Å²) in [6, 6.07) is 4.18. The number of nitrogens with zero attached hydrogens (tertiary/aromatic N) is 1. The van der Waals surface area contributed by atoms with E-state index in [2.05, 4.69) is 28.0 Å². The van der Waals surface area contributed by atoms with Crippen LogP contribution in [0.15, 0.2) is 22.7 Å². The predicted molar refractivity (Wildman–Crippen MR) is 72.4 cm³/mol. The zero-order valence-electron chi connectivity index (χ0n) is 10.4. The van der Waals surface area contributed by atoms with E-state index in [0.29, 0.717) is 5.84 Å². The largest absolute Gasteiger partial charge is 0.409 e. The molecule has 0 amide bonds. The summed E-state index contributed by atoms with van der Waals surface area (Å²) in [4.78, 5) is 1.35. The second-order valence-corrected chi connectivity index (χ2v) is 5.76. The lowest BCUT2D eigenvalue weighted by Gasteiger charge is -2.22. The van der Waals surface area contributed by atoms with Crippen molar-refractivity contribution >= 4 is 17.2 Å². The first-order valence-corrected chi connectivity index (χ1v) is 6.65. The van der Waals surface area contributed by atoms with E-state index in [1.54, 1.807) is 11.3 Å². The van der Waals surface area contributed by atoms with Crippen molar-refractivity contribution in [1.29, 1.82) is 0 Å². The van der Waals surface area contributed by atoms with Gasteiger partial charge in [0, 0.05) is 16.8 Å². The molecule has 0 radical (unpaired) electrons. The van der Waals surface area contributed by atoms with Crippen molar-refractivity contribution in [3.63, 3.8) is 0 Å². The highest BCUT2D eigenvalue weighted by Gasteiger charge is 2.22. The van der Waals surface area contributed by atoms with Gasteiger partial charge in [-0.1, -0.05) is 25.1 Å². The van der Waals surface area contributed by atoms with Gasteiger partial charge in [-0.25, -0.2) is 0 Å². The van der Waals surface area contributed by atoms with Gasteiger partial charge in [-0.05, 0) is 30.8 Å². The van der Waals surface area contributed by atoms with Crippen LogP contribution < -0.4 is 11.1 Å². The highest BCUT2D eigenvalue weighted by Crippen LogP contribution is 2.21. The Hall–Kier alpha value is -1.07. The van der Waals surface area contributed by atoms with Crippen molar-refractivity contribution in [3.05, 3.63) is 22.4 Å². The number of nitrogens with two attached hydrogens (primary N) is 1. The summed E-state index contributed by atoms with van der Waals surface area (Å²) in [5.74, 6) is 0.302. The van der Waals surface area contributed by atoms with Gasteiger partial charge in [0.1, 0.15) is 5.84 Å². The van der Waals surface area contributed by atoms with E-state index in [1.165, 1.54) is 4.88 Å².